The maximum atomic E-state index is 2.47. The molecule has 0 atom stereocenters. The highest BCUT2D eigenvalue weighted by molar-refractivity contribution is 6.24. The van der Waals surface area contributed by atoms with Gasteiger partial charge in [-0.25, -0.2) is 0 Å². The quantitative estimate of drug-likeness (QED) is 0.117. The van der Waals surface area contributed by atoms with Gasteiger partial charge in [-0.1, -0.05) is 315 Å². The molecule has 0 radical (unpaired) electrons. The average Bonchev–Trinajstić information content (AvgIpc) is 1.57. The van der Waals surface area contributed by atoms with Crippen LogP contribution < -0.4 is 0 Å². The SMILES string of the molecule is c1ccc(-c2ccc3c4cc5c6ccccc6n(-c6ccccc6)c5cc4n(-c4ccc(-c5ccc(-n6c7cc(-c8ccccc8)ccc7c7cc8c9ccccc9n(-c9ccccc9)c8cc76)cc5)cc4)c3c2)cc1.c1ccc(-n2c3ccccc3c3cc4c5ccccc5n(-c5ccc(-c6ccc(-n7c8ccccc8c8cc9c%10ccccc%10n(-c%10ccccc%10)c9cc87)cc6)cc5)c4cc32)cc1. The van der Waals surface area contributed by atoms with Crippen molar-refractivity contribution in [1.29, 1.82) is 0 Å². The van der Waals surface area contributed by atoms with Crippen molar-refractivity contribution in [3.8, 4) is 90.0 Å². The van der Waals surface area contributed by atoms with Gasteiger partial charge in [-0.05, 0) is 239 Å². The van der Waals surface area contributed by atoms with Crippen molar-refractivity contribution in [1.82, 2.24) is 36.5 Å². The monoisotopic (exact) mass is 1780 g/mol. The van der Waals surface area contributed by atoms with Crippen LogP contribution in [0.15, 0.2) is 510 Å². The van der Waals surface area contributed by atoms with Crippen molar-refractivity contribution in [2.45, 2.75) is 0 Å². The van der Waals surface area contributed by atoms with E-state index in [0.717, 1.165) is 56.6 Å². The van der Waals surface area contributed by atoms with Gasteiger partial charge in [0.05, 0.1) is 88.3 Å². The van der Waals surface area contributed by atoms with Crippen LogP contribution in [-0.4, -0.2) is 36.5 Å². The Kier molecular flexibility index (Phi) is 17.7. The van der Waals surface area contributed by atoms with Crippen LogP contribution in [0.4, 0.5) is 0 Å². The number of benzene rings is 22. The summed E-state index contributed by atoms with van der Waals surface area (Å²) in [5, 5.41) is 20.0. The van der Waals surface area contributed by atoms with Crippen LogP contribution >= 0.6 is 0 Å². The van der Waals surface area contributed by atoms with E-state index in [1.165, 1.54) is 208 Å². The second-order valence-corrected chi connectivity index (χ2v) is 37.1. The molecule has 0 N–H and O–H groups in total. The molecule has 8 heterocycles. The maximum Gasteiger partial charge on any atom is 0.0562 e. The largest absolute Gasteiger partial charge is 0.309 e. The fourth-order valence-electron chi connectivity index (χ4n) is 23.2. The molecular weight excluding hydrogens is 1700 g/mol. The summed E-state index contributed by atoms with van der Waals surface area (Å²) in [5.74, 6) is 0. The Hall–Kier alpha value is -18.8. The molecular formula is C132H84N8. The number of hydrogen-bond donors (Lipinski definition) is 0. The topological polar surface area (TPSA) is 39.4 Å². The molecule has 0 aliphatic carbocycles. The summed E-state index contributed by atoms with van der Waals surface area (Å²) < 4.78 is 19.4. The van der Waals surface area contributed by atoms with Crippen molar-refractivity contribution in [2.75, 3.05) is 0 Å². The van der Waals surface area contributed by atoms with Gasteiger partial charge < -0.3 is 36.5 Å². The Morgan fingerprint density at radius 1 is 0.0786 bits per heavy atom. The normalized spacial score (nSPS) is 12.0. The van der Waals surface area contributed by atoms with Crippen molar-refractivity contribution < 1.29 is 0 Å². The molecule has 0 saturated carbocycles. The van der Waals surface area contributed by atoms with Crippen LogP contribution in [0.3, 0.4) is 0 Å². The Labute approximate surface area is 804 Å². The lowest BCUT2D eigenvalue weighted by molar-refractivity contribution is 1.16. The fraction of sp³-hybridized carbons (Fsp3) is 0. The molecule has 8 aromatic heterocycles. The number of fused-ring (bicyclic) bond motifs is 24. The zero-order valence-electron chi connectivity index (χ0n) is 76.1. The molecule has 0 aliphatic rings. The van der Waals surface area contributed by atoms with E-state index < -0.39 is 0 Å². The summed E-state index contributed by atoms with van der Waals surface area (Å²) in [4.78, 5) is 0. The number of hydrogen-bond acceptors (Lipinski definition) is 0. The molecule has 0 unspecified atom stereocenters. The average molecular weight is 1780 g/mol. The van der Waals surface area contributed by atoms with Crippen molar-refractivity contribution in [3.05, 3.63) is 510 Å². The number of aromatic nitrogens is 8. The summed E-state index contributed by atoms with van der Waals surface area (Å²) in [7, 11) is 0. The van der Waals surface area contributed by atoms with Gasteiger partial charge in [0.1, 0.15) is 0 Å². The zero-order valence-corrected chi connectivity index (χ0v) is 76.1. The molecule has 652 valence electrons. The third-order valence-corrected chi connectivity index (χ3v) is 29.5. The number of nitrogens with zero attached hydrogens (tertiary/aromatic N) is 8. The molecule has 30 rings (SSSR count). The molecule has 0 amide bonds. The first-order valence-corrected chi connectivity index (χ1v) is 48.2. The van der Waals surface area contributed by atoms with Gasteiger partial charge in [0.25, 0.3) is 0 Å². The van der Waals surface area contributed by atoms with Crippen molar-refractivity contribution in [3.63, 3.8) is 0 Å². The summed E-state index contributed by atoms with van der Waals surface area (Å²) in [6, 6.07) is 187. The van der Waals surface area contributed by atoms with Crippen LogP contribution in [-0.2, 0) is 0 Å². The Bertz CT molecular complexity index is 9650. The molecule has 0 aliphatic heterocycles. The van der Waals surface area contributed by atoms with E-state index in [1.54, 1.807) is 0 Å². The van der Waals surface area contributed by atoms with E-state index in [-0.39, 0.29) is 0 Å². The van der Waals surface area contributed by atoms with Gasteiger partial charge in [-0.3, -0.25) is 0 Å². The Morgan fingerprint density at radius 2 is 0.221 bits per heavy atom. The van der Waals surface area contributed by atoms with Crippen LogP contribution in [0.5, 0.6) is 0 Å². The summed E-state index contributed by atoms with van der Waals surface area (Å²) in [6.45, 7) is 0. The minimum atomic E-state index is 1.12. The van der Waals surface area contributed by atoms with E-state index in [1.807, 2.05) is 0 Å². The highest BCUT2D eigenvalue weighted by atomic mass is 15.0. The van der Waals surface area contributed by atoms with Crippen LogP contribution in [0.2, 0.25) is 0 Å². The second-order valence-electron chi connectivity index (χ2n) is 37.1. The zero-order chi connectivity index (χ0) is 91.7. The van der Waals surface area contributed by atoms with Crippen molar-refractivity contribution >= 4 is 174 Å². The number of para-hydroxylation sites is 10. The van der Waals surface area contributed by atoms with Gasteiger partial charge in [0, 0.05) is 132 Å². The lowest BCUT2D eigenvalue weighted by atomic mass is 10.0. The molecule has 8 nitrogen and oxygen atoms in total. The van der Waals surface area contributed by atoms with Crippen LogP contribution in [0, 0.1) is 0 Å². The highest BCUT2D eigenvalue weighted by Gasteiger charge is 2.27. The first-order valence-electron chi connectivity index (χ1n) is 48.2. The highest BCUT2D eigenvalue weighted by Crippen LogP contribution is 2.48. The van der Waals surface area contributed by atoms with Gasteiger partial charge in [0.15, 0.2) is 0 Å². The lowest BCUT2D eigenvalue weighted by Gasteiger charge is -2.13. The summed E-state index contributed by atoms with van der Waals surface area (Å²) in [5.41, 5.74) is 37.7. The third kappa shape index (κ3) is 12.2. The smallest absolute Gasteiger partial charge is 0.0562 e. The van der Waals surface area contributed by atoms with Crippen LogP contribution in [0.25, 0.3) is 264 Å². The van der Waals surface area contributed by atoms with E-state index in [0.29, 0.717) is 0 Å². The van der Waals surface area contributed by atoms with Gasteiger partial charge in [-0.2, -0.15) is 0 Å². The maximum absolute atomic E-state index is 2.47. The first kappa shape index (κ1) is 78.7. The van der Waals surface area contributed by atoms with Crippen molar-refractivity contribution in [2.24, 2.45) is 0 Å². The molecule has 0 fully saturated rings. The van der Waals surface area contributed by atoms with E-state index in [4.69, 9.17) is 0 Å². The first-order chi connectivity index (χ1) is 69.5. The van der Waals surface area contributed by atoms with E-state index in [2.05, 4.69) is 546 Å². The fourth-order valence-corrected chi connectivity index (χ4v) is 23.2. The molecule has 0 saturated heterocycles. The molecule has 30 aromatic rings. The minimum absolute atomic E-state index is 1.12. The Morgan fingerprint density at radius 3 is 0.429 bits per heavy atom. The summed E-state index contributed by atoms with van der Waals surface area (Å²) in [6.07, 6.45) is 0. The molecule has 8 heteroatoms. The minimum Gasteiger partial charge on any atom is -0.309 e. The predicted molar refractivity (Wildman–Crippen MR) is 589 cm³/mol. The van der Waals surface area contributed by atoms with Gasteiger partial charge >= 0.3 is 0 Å². The van der Waals surface area contributed by atoms with Gasteiger partial charge in [-0.15, -0.1) is 0 Å². The lowest BCUT2D eigenvalue weighted by Crippen LogP contribution is -1.96. The van der Waals surface area contributed by atoms with Crippen LogP contribution in [0.1, 0.15) is 0 Å². The molecule has 140 heavy (non-hydrogen) atoms. The molecule has 0 spiro atoms. The van der Waals surface area contributed by atoms with Gasteiger partial charge in [0.2, 0.25) is 0 Å². The van der Waals surface area contributed by atoms with E-state index in [9.17, 15) is 0 Å². The Balaban J connectivity index is 0.000000136. The molecule has 22 aromatic carbocycles. The second kappa shape index (κ2) is 31.4. The summed E-state index contributed by atoms with van der Waals surface area (Å²) >= 11 is 0. The standard InChI is InChI=1S/C72H46N4.C60H38N4/c1-5-17-47(18-6-1)51-33-39-59-63-43-61-57-25-13-15-27-65(57)73(53-21-9-3-10-22-53)69(61)45-71(63)75(67(59)41-51)55-35-29-49(30-36-55)50-31-37-56(38-32-50)76-68-42-52(48-19-7-2-8-20-48)34-40-60(68)64-44-62-58-26-14-16-28-66(58)74(70(62)46-72(64)76)54-23-11-4-12-24-54;1-3-15-41(16-4-1)61-53-23-11-7-19-45(53)49-35-51-47-21-9-13-25-55(47)63(59(51)37-57(49)61)43-31-27-39(28-32-43)40-29-33-44(34-30-40)64-56-26-14-10-22-48(56)52-36-50-46-20-8-12-24-54(46)62(58(50)38-60(52)64)42-17-5-2-6-18-42/h1-46H;1-38H. The molecule has 0 bridgehead atoms. The third-order valence-electron chi connectivity index (χ3n) is 29.5. The van der Waals surface area contributed by atoms with E-state index >= 15 is 0 Å². The predicted octanol–water partition coefficient (Wildman–Crippen LogP) is 34.8. The number of rotatable bonds is 12.